The van der Waals surface area contributed by atoms with Gasteiger partial charge in [-0.3, -0.25) is 4.79 Å². The van der Waals surface area contributed by atoms with Crippen molar-refractivity contribution in [3.63, 3.8) is 0 Å². The van der Waals surface area contributed by atoms with Crippen LogP contribution in [0.5, 0.6) is 0 Å². The van der Waals surface area contributed by atoms with Gasteiger partial charge in [0.15, 0.2) is 0 Å². The molecule has 2 saturated carbocycles. The molecule has 1 spiro atoms. The molecule has 0 aromatic heterocycles. The van der Waals surface area contributed by atoms with Crippen LogP contribution in [-0.2, 0) is 9.53 Å². The van der Waals surface area contributed by atoms with Gasteiger partial charge in [0.2, 0.25) is 5.91 Å². The first-order chi connectivity index (χ1) is 11.1. The second-order valence-corrected chi connectivity index (χ2v) is 7.07. The lowest BCUT2D eigenvalue weighted by Crippen LogP contribution is -2.64. The number of ether oxygens (including phenoxy) is 1. The second-order valence-electron chi connectivity index (χ2n) is 7.07. The summed E-state index contributed by atoms with van der Waals surface area (Å²) in [7, 11) is 0. The van der Waals surface area contributed by atoms with Crippen LogP contribution >= 0.6 is 0 Å². The van der Waals surface area contributed by atoms with Gasteiger partial charge in [-0.1, -0.05) is 42.7 Å². The Morgan fingerprint density at radius 1 is 1.35 bits per heavy atom. The second kappa shape index (κ2) is 6.62. The fraction of sp³-hybridized carbons (Fsp3) is 0.632. The van der Waals surface area contributed by atoms with E-state index in [1.54, 1.807) is 0 Å². The molecule has 1 aromatic rings. The molecule has 2 aliphatic rings. The highest BCUT2D eigenvalue weighted by molar-refractivity contribution is 5.83. The van der Waals surface area contributed by atoms with Crippen LogP contribution in [0, 0.1) is 12.3 Å². The van der Waals surface area contributed by atoms with Crippen molar-refractivity contribution in [2.75, 3.05) is 6.61 Å². The number of hydrogen-bond acceptors (Lipinski definition) is 3. The maximum Gasteiger partial charge on any atom is 0.241 e. The molecule has 1 amide bonds. The number of benzene rings is 1. The summed E-state index contributed by atoms with van der Waals surface area (Å²) in [5.41, 5.74) is 8.35. The van der Waals surface area contributed by atoms with Crippen LogP contribution < -0.4 is 11.1 Å². The van der Waals surface area contributed by atoms with E-state index in [1.165, 1.54) is 18.4 Å². The third-order valence-corrected chi connectivity index (χ3v) is 5.72. The number of rotatable bonds is 5. The van der Waals surface area contributed by atoms with E-state index in [2.05, 4.69) is 5.32 Å². The van der Waals surface area contributed by atoms with E-state index in [1.807, 2.05) is 38.1 Å². The Kier molecular flexibility index (Phi) is 4.74. The summed E-state index contributed by atoms with van der Waals surface area (Å²) in [6.45, 7) is 4.82. The molecule has 2 fully saturated rings. The zero-order valence-electron chi connectivity index (χ0n) is 14.2. The van der Waals surface area contributed by atoms with Crippen molar-refractivity contribution in [2.45, 2.75) is 64.1 Å². The average Bonchev–Trinajstić information content (AvgIpc) is 3.06. The van der Waals surface area contributed by atoms with Crippen LogP contribution in [-0.4, -0.2) is 24.7 Å². The maximum atomic E-state index is 12.6. The number of nitrogens with one attached hydrogen (secondary N) is 1. The molecule has 0 aliphatic heterocycles. The highest BCUT2D eigenvalue weighted by Gasteiger charge is 2.57. The van der Waals surface area contributed by atoms with Crippen molar-refractivity contribution in [3.05, 3.63) is 35.4 Å². The minimum atomic E-state index is -0.597. The van der Waals surface area contributed by atoms with Crippen molar-refractivity contribution in [1.29, 1.82) is 0 Å². The fourth-order valence-electron chi connectivity index (χ4n) is 4.28. The van der Waals surface area contributed by atoms with Gasteiger partial charge in [-0.15, -0.1) is 0 Å². The number of carbonyl (C=O) groups excluding carboxylic acids is 1. The summed E-state index contributed by atoms with van der Waals surface area (Å²) in [6, 6.07) is 7.49. The summed E-state index contributed by atoms with van der Waals surface area (Å²) in [5, 5.41) is 3.21. The number of nitrogens with two attached hydrogens (primary N) is 1. The molecule has 3 unspecified atom stereocenters. The van der Waals surface area contributed by atoms with E-state index in [-0.39, 0.29) is 17.4 Å². The zero-order valence-corrected chi connectivity index (χ0v) is 14.2. The van der Waals surface area contributed by atoms with Crippen LogP contribution in [0.3, 0.4) is 0 Å². The molecule has 0 heterocycles. The smallest absolute Gasteiger partial charge is 0.241 e. The highest BCUT2D eigenvalue weighted by Crippen LogP contribution is 2.54. The van der Waals surface area contributed by atoms with Gasteiger partial charge in [0.1, 0.15) is 6.04 Å². The number of amides is 1. The van der Waals surface area contributed by atoms with E-state index >= 15 is 0 Å². The molecule has 23 heavy (non-hydrogen) atoms. The summed E-state index contributed by atoms with van der Waals surface area (Å²) in [5.74, 6) is -0.0694. The van der Waals surface area contributed by atoms with Gasteiger partial charge in [0.25, 0.3) is 0 Å². The SMILES string of the molecule is CCOC1CC(NC(=O)C(N)c2ccc(C)cc2)C12CCCC2. The van der Waals surface area contributed by atoms with E-state index in [0.29, 0.717) is 6.10 Å². The molecule has 0 radical (unpaired) electrons. The first-order valence-corrected chi connectivity index (χ1v) is 8.81. The summed E-state index contributed by atoms with van der Waals surface area (Å²) < 4.78 is 5.90. The molecule has 3 rings (SSSR count). The normalized spacial score (nSPS) is 26.7. The Morgan fingerprint density at radius 2 is 2.00 bits per heavy atom. The highest BCUT2D eigenvalue weighted by atomic mass is 16.5. The summed E-state index contributed by atoms with van der Waals surface area (Å²) >= 11 is 0. The van der Waals surface area contributed by atoms with Crippen molar-refractivity contribution in [3.8, 4) is 0 Å². The van der Waals surface area contributed by atoms with Crippen LogP contribution in [0.25, 0.3) is 0 Å². The van der Waals surface area contributed by atoms with Crippen molar-refractivity contribution in [1.82, 2.24) is 5.32 Å². The van der Waals surface area contributed by atoms with E-state index < -0.39 is 6.04 Å². The Labute approximate surface area is 138 Å². The number of carbonyl (C=O) groups is 1. The lowest BCUT2D eigenvalue weighted by Gasteiger charge is -2.54. The van der Waals surface area contributed by atoms with E-state index in [9.17, 15) is 4.79 Å². The summed E-state index contributed by atoms with van der Waals surface area (Å²) in [6.07, 6.45) is 6.00. The van der Waals surface area contributed by atoms with Crippen molar-refractivity contribution in [2.24, 2.45) is 11.1 Å². The van der Waals surface area contributed by atoms with E-state index in [4.69, 9.17) is 10.5 Å². The minimum absolute atomic E-state index is 0.0694. The van der Waals surface area contributed by atoms with Crippen LogP contribution in [0.15, 0.2) is 24.3 Å². The zero-order chi connectivity index (χ0) is 16.4. The van der Waals surface area contributed by atoms with Gasteiger partial charge in [-0.25, -0.2) is 0 Å². The van der Waals surface area contributed by atoms with Gasteiger partial charge in [-0.2, -0.15) is 0 Å². The quantitative estimate of drug-likeness (QED) is 0.878. The predicted octanol–water partition coefficient (Wildman–Crippen LogP) is 2.85. The van der Waals surface area contributed by atoms with Gasteiger partial charge in [0, 0.05) is 18.1 Å². The first kappa shape index (κ1) is 16.5. The van der Waals surface area contributed by atoms with Crippen LogP contribution in [0.4, 0.5) is 0 Å². The molecule has 1 aromatic carbocycles. The van der Waals surface area contributed by atoms with Crippen molar-refractivity contribution < 1.29 is 9.53 Å². The molecular weight excluding hydrogens is 288 g/mol. The Hall–Kier alpha value is -1.39. The number of aryl methyl sites for hydroxylation is 1. The molecule has 2 aliphatic carbocycles. The molecule has 0 bridgehead atoms. The Bertz CT molecular complexity index is 549. The van der Waals surface area contributed by atoms with Gasteiger partial charge < -0.3 is 15.8 Å². The molecule has 126 valence electrons. The third kappa shape index (κ3) is 3.02. The number of hydrogen-bond donors (Lipinski definition) is 2. The molecule has 4 nitrogen and oxygen atoms in total. The summed E-state index contributed by atoms with van der Waals surface area (Å²) in [4.78, 5) is 12.6. The largest absolute Gasteiger partial charge is 0.378 e. The van der Waals surface area contributed by atoms with E-state index in [0.717, 1.165) is 31.4 Å². The van der Waals surface area contributed by atoms with Crippen LogP contribution in [0.2, 0.25) is 0 Å². The first-order valence-electron chi connectivity index (χ1n) is 8.81. The van der Waals surface area contributed by atoms with Crippen LogP contribution in [0.1, 0.15) is 56.2 Å². The Balaban J connectivity index is 1.64. The predicted molar refractivity (Wildman–Crippen MR) is 91.0 cm³/mol. The lowest BCUT2D eigenvalue weighted by molar-refractivity contribution is -0.145. The third-order valence-electron chi connectivity index (χ3n) is 5.72. The molecule has 3 atom stereocenters. The minimum Gasteiger partial charge on any atom is -0.378 e. The topological polar surface area (TPSA) is 64.3 Å². The molecule has 4 heteroatoms. The molecule has 0 saturated heterocycles. The molecule has 3 N–H and O–H groups in total. The maximum absolute atomic E-state index is 12.6. The van der Waals surface area contributed by atoms with Gasteiger partial charge in [0.05, 0.1) is 6.10 Å². The standard InChI is InChI=1S/C19H28N2O2/c1-3-23-16-12-15(19(16)10-4-5-11-19)21-18(22)17(20)14-8-6-13(2)7-9-14/h6-9,15-17H,3-5,10-12,20H2,1-2H3,(H,21,22). The van der Waals surface area contributed by atoms with Crippen molar-refractivity contribution >= 4 is 5.91 Å². The average molecular weight is 316 g/mol. The molecular formula is C19H28N2O2. The fourth-order valence-corrected chi connectivity index (χ4v) is 4.28. The van der Waals surface area contributed by atoms with Gasteiger partial charge >= 0.3 is 0 Å². The Morgan fingerprint density at radius 3 is 2.61 bits per heavy atom. The lowest BCUT2D eigenvalue weighted by atomic mass is 9.60. The van der Waals surface area contributed by atoms with Gasteiger partial charge in [-0.05, 0) is 38.7 Å². The monoisotopic (exact) mass is 316 g/mol.